The molecule has 1 amide bonds. The fourth-order valence-corrected chi connectivity index (χ4v) is 1.45. The molecule has 70 valence electrons. The van der Waals surface area contributed by atoms with Crippen molar-refractivity contribution in [3.05, 3.63) is 0 Å². The molecule has 0 aromatic heterocycles. The molecule has 0 spiro atoms. The van der Waals surface area contributed by atoms with Gasteiger partial charge in [-0.2, -0.15) is 0 Å². The number of alkyl halides is 2. The second-order valence-corrected chi connectivity index (χ2v) is 3.28. The average Bonchev–Trinajstić information content (AvgIpc) is 1.83. The molecule has 0 heterocycles. The lowest BCUT2D eigenvalue weighted by Gasteiger charge is -2.33. The highest BCUT2D eigenvalue weighted by molar-refractivity contribution is 5.83. The Kier molecular flexibility index (Phi) is 2.07. The zero-order valence-electron chi connectivity index (χ0n) is 6.52. The standard InChI is InChI=1S/C7H11F2NO2/c8-7(9)3-1-2-6(12,4-7)5(10)11/h12H,1-4H2,(H2,10,11)/t6-/m0/s1. The molecule has 0 radical (unpaired) electrons. The van der Waals surface area contributed by atoms with Crippen LogP contribution in [0.25, 0.3) is 0 Å². The monoisotopic (exact) mass is 179 g/mol. The molecule has 3 nitrogen and oxygen atoms in total. The molecule has 0 bridgehead atoms. The zero-order valence-corrected chi connectivity index (χ0v) is 6.52. The quantitative estimate of drug-likeness (QED) is 0.612. The van der Waals surface area contributed by atoms with E-state index >= 15 is 0 Å². The molecule has 3 N–H and O–H groups in total. The molecule has 0 saturated heterocycles. The molecule has 0 unspecified atom stereocenters. The maximum absolute atomic E-state index is 12.7. The summed E-state index contributed by atoms with van der Waals surface area (Å²) in [6.45, 7) is 0. The second kappa shape index (κ2) is 2.65. The molecule has 5 heteroatoms. The van der Waals surface area contributed by atoms with Crippen molar-refractivity contribution in [1.82, 2.24) is 0 Å². The summed E-state index contributed by atoms with van der Waals surface area (Å²) in [6, 6.07) is 0. The summed E-state index contributed by atoms with van der Waals surface area (Å²) in [5.41, 5.74) is 2.80. The molecular weight excluding hydrogens is 168 g/mol. The lowest BCUT2D eigenvalue weighted by Crippen LogP contribution is -2.50. The number of halogens is 2. The predicted octanol–water partition coefficient (Wildman–Crippen LogP) is 0.412. The van der Waals surface area contributed by atoms with Crippen LogP contribution in [0.5, 0.6) is 0 Å². The van der Waals surface area contributed by atoms with Crippen LogP contribution in [0.3, 0.4) is 0 Å². The fraction of sp³-hybridized carbons (Fsp3) is 0.857. The van der Waals surface area contributed by atoms with Gasteiger partial charge in [0.2, 0.25) is 5.91 Å². The molecule has 12 heavy (non-hydrogen) atoms. The van der Waals surface area contributed by atoms with E-state index in [1.54, 1.807) is 0 Å². The summed E-state index contributed by atoms with van der Waals surface area (Å²) in [6.07, 6.45) is -0.942. The van der Waals surface area contributed by atoms with Crippen molar-refractivity contribution >= 4 is 5.91 Å². The summed E-state index contributed by atoms with van der Waals surface area (Å²) in [5.74, 6) is -4.01. The van der Waals surface area contributed by atoms with E-state index in [2.05, 4.69) is 0 Å². The van der Waals surface area contributed by atoms with Gasteiger partial charge in [-0.3, -0.25) is 4.79 Å². The molecular formula is C7H11F2NO2. The van der Waals surface area contributed by atoms with Gasteiger partial charge >= 0.3 is 0 Å². The lowest BCUT2D eigenvalue weighted by atomic mass is 9.82. The van der Waals surface area contributed by atoms with Gasteiger partial charge in [0, 0.05) is 12.8 Å². The van der Waals surface area contributed by atoms with Crippen LogP contribution in [-0.2, 0) is 4.79 Å². The first-order chi connectivity index (χ1) is 5.36. The van der Waals surface area contributed by atoms with Gasteiger partial charge in [0.1, 0.15) is 5.60 Å². The van der Waals surface area contributed by atoms with Crippen molar-refractivity contribution in [2.75, 3.05) is 0 Å². The van der Waals surface area contributed by atoms with Crippen LogP contribution in [0, 0.1) is 0 Å². The maximum Gasteiger partial charge on any atom is 0.251 e. The topological polar surface area (TPSA) is 63.3 Å². The van der Waals surface area contributed by atoms with Gasteiger partial charge < -0.3 is 10.8 Å². The lowest BCUT2D eigenvalue weighted by molar-refractivity contribution is -0.158. The highest BCUT2D eigenvalue weighted by atomic mass is 19.3. The molecule has 1 fully saturated rings. The van der Waals surface area contributed by atoms with Gasteiger partial charge in [-0.1, -0.05) is 0 Å². The second-order valence-electron chi connectivity index (χ2n) is 3.28. The molecule has 1 rings (SSSR count). The van der Waals surface area contributed by atoms with Crippen molar-refractivity contribution < 1.29 is 18.7 Å². The zero-order chi connectivity index (χ0) is 9.41. The molecule has 0 aromatic carbocycles. The summed E-state index contributed by atoms with van der Waals surface area (Å²) >= 11 is 0. The Bertz CT molecular complexity index is 208. The summed E-state index contributed by atoms with van der Waals surface area (Å²) in [7, 11) is 0. The number of primary amides is 1. The van der Waals surface area contributed by atoms with E-state index in [1.165, 1.54) is 0 Å². The van der Waals surface area contributed by atoms with Crippen molar-refractivity contribution in [3.8, 4) is 0 Å². The molecule has 1 aliphatic rings. The van der Waals surface area contributed by atoms with E-state index in [-0.39, 0.29) is 19.3 Å². The molecule has 1 saturated carbocycles. The number of hydrogen-bond acceptors (Lipinski definition) is 2. The minimum Gasteiger partial charge on any atom is -0.380 e. The molecule has 0 aliphatic heterocycles. The van der Waals surface area contributed by atoms with E-state index in [0.717, 1.165) is 0 Å². The first kappa shape index (κ1) is 9.38. The average molecular weight is 179 g/mol. The number of aliphatic hydroxyl groups is 1. The number of rotatable bonds is 1. The summed E-state index contributed by atoms with van der Waals surface area (Å²) in [4.78, 5) is 10.6. The van der Waals surface area contributed by atoms with Crippen LogP contribution in [0.2, 0.25) is 0 Å². The minimum absolute atomic E-state index is 0.0396. The third kappa shape index (κ3) is 1.72. The Morgan fingerprint density at radius 1 is 1.42 bits per heavy atom. The minimum atomic E-state index is -2.96. The molecule has 0 aromatic rings. The van der Waals surface area contributed by atoms with Gasteiger partial charge in [0.05, 0.1) is 0 Å². The van der Waals surface area contributed by atoms with Crippen LogP contribution < -0.4 is 5.73 Å². The number of nitrogens with two attached hydrogens (primary N) is 1. The Hall–Kier alpha value is -0.710. The van der Waals surface area contributed by atoms with Gasteiger partial charge in [0.15, 0.2) is 0 Å². The van der Waals surface area contributed by atoms with Crippen LogP contribution in [-0.4, -0.2) is 22.5 Å². The normalized spacial score (nSPS) is 34.6. The summed E-state index contributed by atoms with van der Waals surface area (Å²) in [5, 5.41) is 9.33. The van der Waals surface area contributed by atoms with Crippen molar-refractivity contribution in [2.45, 2.75) is 37.2 Å². The van der Waals surface area contributed by atoms with Crippen molar-refractivity contribution in [3.63, 3.8) is 0 Å². The van der Waals surface area contributed by atoms with E-state index in [9.17, 15) is 18.7 Å². The van der Waals surface area contributed by atoms with Gasteiger partial charge in [-0.25, -0.2) is 8.78 Å². The predicted molar refractivity (Wildman–Crippen MR) is 37.6 cm³/mol. The third-order valence-electron chi connectivity index (χ3n) is 2.14. The highest BCUT2D eigenvalue weighted by Crippen LogP contribution is 2.38. The van der Waals surface area contributed by atoms with E-state index in [4.69, 9.17) is 5.73 Å². The van der Waals surface area contributed by atoms with E-state index in [1.807, 2.05) is 0 Å². The Morgan fingerprint density at radius 3 is 2.33 bits per heavy atom. The van der Waals surface area contributed by atoms with Crippen LogP contribution >= 0.6 is 0 Å². The SMILES string of the molecule is NC(=O)[C@]1(O)CCCC(F)(F)C1. The van der Waals surface area contributed by atoms with E-state index in [0.29, 0.717) is 0 Å². The Morgan fingerprint density at radius 2 is 2.00 bits per heavy atom. The van der Waals surface area contributed by atoms with Gasteiger partial charge in [-0.15, -0.1) is 0 Å². The van der Waals surface area contributed by atoms with Crippen LogP contribution in [0.15, 0.2) is 0 Å². The Balaban J connectivity index is 2.74. The first-order valence-corrected chi connectivity index (χ1v) is 3.76. The van der Waals surface area contributed by atoms with Crippen molar-refractivity contribution in [1.29, 1.82) is 0 Å². The largest absolute Gasteiger partial charge is 0.380 e. The maximum atomic E-state index is 12.7. The first-order valence-electron chi connectivity index (χ1n) is 3.76. The smallest absolute Gasteiger partial charge is 0.251 e. The molecule has 1 aliphatic carbocycles. The van der Waals surface area contributed by atoms with Gasteiger partial charge in [-0.05, 0) is 12.8 Å². The number of amides is 1. The fourth-order valence-electron chi connectivity index (χ4n) is 1.45. The highest BCUT2D eigenvalue weighted by Gasteiger charge is 2.48. The molecule has 1 atom stereocenters. The van der Waals surface area contributed by atoms with Crippen molar-refractivity contribution in [2.24, 2.45) is 5.73 Å². The third-order valence-corrected chi connectivity index (χ3v) is 2.14. The number of carbonyl (C=O) groups excluding carboxylic acids is 1. The summed E-state index contributed by atoms with van der Waals surface area (Å²) < 4.78 is 25.4. The number of hydrogen-bond donors (Lipinski definition) is 2. The van der Waals surface area contributed by atoms with Gasteiger partial charge in [0.25, 0.3) is 5.92 Å². The van der Waals surface area contributed by atoms with E-state index < -0.39 is 23.9 Å². The van der Waals surface area contributed by atoms with Crippen LogP contribution in [0.1, 0.15) is 25.7 Å². The Labute approximate surface area is 68.5 Å². The number of carbonyl (C=O) groups is 1. The van der Waals surface area contributed by atoms with Crippen LogP contribution in [0.4, 0.5) is 8.78 Å².